The normalized spacial score (nSPS) is 19.7. The molecule has 0 atom stereocenters. The molecule has 0 aromatic rings. The number of hydrogen-bond donors (Lipinski definition) is 1. The van der Waals surface area contributed by atoms with Gasteiger partial charge < -0.3 is 5.73 Å². The Bertz CT molecular complexity index is 146. The Labute approximate surface area is 93.8 Å². The van der Waals surface area contributed by atoms with Crippen molar-refractivity contribution >= 4 is 24.8 Å². The molecule has 2 nitrogen and oxygen atoms in total. The van der Waals surface area contributed by atoms with Crippen LogP contribution in [0.5, 0.6) is 0 Å². The molecule has 0 radical (unpaired) electrons. The van der Waals surface area contributed by atoms with E-state index in [0.717, 1.165) is 0 Å². The molecule has 0 bridgehead atoms. The molecule has 0 aromatic heterocycles. The average molecular weight is 255 g/mol. The molecule has 1 aliphatic rings. The lowest BCUT2D eigenvalue weighted by atomic mass is 10.1. The summed E-state index contributed by atoms with van der Waals surface area (Å²) in [5.41, 5.74) is 5.55. The molecule has 0 aromatic carbocycles. The van der Waals surface area contributed by atoms with E-state index in [9.17, 15) is 13.2 Å². The van der Waals surface area contributed by atoms with Gasteiger partial charge in [-0.1, -0.05) is 0 Å². The van der Waals surface area contributed by atoms with Gasteiger partial charge in [0.05, 0.1) is 6.54 Å². The molecule has 0 unspecified atom stereocenters. The second kappa shape index (κ2) is 6.71. The fourth-order valence-corrected chi connectivity index (χ4v) is 1.36. The number of piperidine rings is 1. The lowest BCUT2D eigenvalue weighted by molar-refractivity contribution is -0.147. The summed E-state index contributed by atoms with van der Waals surface area (Å²) in [5.74, 6) is 0. The zero-order valence-electron chi connectivity index (χ0n) is 7.59. The topological polar surface area (TPSA) is 29.3 Å². The molecule has 0 spiro atoms. The van der Waals surface area contributed by atoms with Crippen molar-refractivity contribution < 1.29 is 13.2 Å². The first-order valence-electron chi connectivity index (χ1n) is 4.02. The molecule has 1 aliphatic heterocycles. The highest BCUT2D eigenvalue weighted by Gasteiger charge is 2.31. The SMILES string of the molecule is Cl.Cl.NC1CCN(CC(F)(F)F)CC1. The van der Waals surface area contributed by atoms with Crippen molar-refractivity contribution in [3.05, 3.63) is 0 Å². The summed E-state index contributed by atoms with van der Waals surface area (Å²) in [5, 5.41) is 0. The summed E-state index contributed by atoms with van der Waals surface area (Å²) >= 11 is 0. The fourth-order valence-electron chi connectivity index (χ4n) is 1.36. The van der Waals surface area contributed by atoms with Crippen LogP contribution in [0.15, 0.2) is 0 Å². The third-order valence-electron chi connectivity index (χ3n) is 2.04. The first-order chi connectivity index (χ1) is 5.47. The monoisotopic (exact) mass is 254 g/mol. The number of rotatable bonds is 1. The lowest BCUT2D eigenvalue weighted by Gasteiger charge is -2.30. The quantitative estimate of drug-likeness (QED) is 0.774. The molecule has 1 fully saturated rings. The molecule has 0 amide bonds. The fraction of sp³-hybridized carbons (Fsp3) is 1.00. The van der Waals surface area contributed by atoms with E-state index in [0.29, 0.717) is 25.9 Å². The molecule has 0 aliphatic carbocycles. The van der Waals surface area contributed by atoms with E-state index >= 15 is 0 Å². The molecular weight excluding hydrogens is 240 g/mol. The van der Waals surface area contributed by atoms with Crippen molar-refractivity contribution in [2.24, 2.45) is 5.73 Å². The van der Waals surface area contributed by atoms with E-state index in [2.05, 4.69) is 0 Å². The first kappa shape index (κ1) is 16.7. The Hall–Kier alpha value is 0.290. The average Bonchev–Trinajstić information content (AvgIpc) is 1.91. The summed E-state index contributed by atoms with van der Waals surface area (Å²) in [6.07, 6.45) is -2.71. The third-order valence-corrected chi connectivity index (χ3v) is 2.04. The van der Waals surface area contributed by atoms with E-state index < -0.39 is 12.7 Å². The van der Waals surface area contributed by atoms with Crippen LogP contribution in [0.2, 0.25) is 0 Å². The van der Waals surface area contributed by atoms with Gasteiger partial charge in [-0.25, -0.2) is 0 Å². The van der Waals surface area contributed by atoms with Gasteiger partial charge in [0.25, 0.3) is 0 Å². The van der Waals surface area contributed by atoms with Crippen LogP contribution < -0.4 is 5.73 Å². The zero-order valence-corrected chi connectivity index (χ0v) is 9.22. The minimum absolute atomic E-state index is 0. The maximum atomic E-state index is 11.9. The molecule has 0 saturated carbocycles. The van der Waals surface area contributed by atoms with Gasteiger partial charge in [0.1, 0.15) is 0 Å². The lowest BCUT2D eigenvalue weighted by Crippen LogP contribution is -2.43. The van der Waals surface area contributed by atoms with Crippen molar-refractivity contribution in [1.82, 2.24) is 4.90 Å². The van der Waals surface area contributed by atoms with Gasteiger partial charge in [0, 0.05) is 6.04 Å². The van der Waals surface area contributed by atoms with Gasteiger partial charge in [-0.15, -0.1) is 24.8 Å². The van der Waals surface area contributed by atoms with E-state index in [1.807, 2.05) is 0 Å². The van der Waals surface area contributed by atoms with Crippen LogP contribution in [-0.2, 0) is 0 Å². The van der Waals surface area contributed by atoms with E-state index in [1.165, 1.54) is 4.90 Å². The van der Waals surface area contributed by atoms with Gasteiger partial charge in [0.15, 0.2) is 0 Å². The highest BCUT2D eigenvalue weighted by atomic mass is 35.5. The number of alkyl halides is 3. The standard InChI is InChI=1S/C7H13F3N2.2ClH/c8-7(9,10)5-12-3-1-6(11)2-4-12;;/h6H,1-5,11H2;2*1H. The predicted octanol–water partition coefficient (Wildman–Crippen LogP) is 1.82. The van der Waals surface area contributed by atoms with Gasteiger partial charge in [-0.05, 0) is 25.9 Å². The zero-order chi connectivity index (χ0) is 9.19. The van der Waals surface area contributed by atoms with Crippen LogP contribution in [0.25, 0.3) is 0 Å². The number of nitrogens with two attached hydrogens (primary N) is 1. The Kier molecular flexibility index (Phi) is 8.01. The third kappa shape index (κ3) is 6.70. The van der Waals surface area contributed by atoms with Crippen LogP contribution >= 0.6 is 24.8 Å². The Morgan fingerprint density at radius 1 is 1.14 bits per heavy atom. The minimum atomic E-state index is -4.07. The van der Waals surface area contributed by atoms with E-state index in [-0.39, 0.29) is 30.9 Å². The number of nitrogens with zero attached hydrogens (tertiary/aromatic N) is 1. The maximum absolute atomic E-state index is 11.9. The van der Waals surface area contributed by atoms with Crippen LogP contribution in [0.3, 0.4) is 0 Å². The Morgan fingerprint density at radius 2 is 1.57 bits per heavy atom. The summed E-state index contributed by atoms with van der Waals surface area (Å²) in [6, 6.07) is 0.0921. The number of halogens is 5. The van der Waals surface area contributed by atoms with Crippen molar-refractivity contribution in [3.8, 4) is 0 Å². The molecule has 1 rings (SSSR count). The van der Waals surface area contributed by atoms with Crippen LogP contribution in [-0.4, -0.2) is 36.8 Å². The molecule has 88 valence electrons. The van der Waals surface area contributed by atoms with Crippen molar-refractivity contribution in [1.29, 1.82) is 0 Å². The summed E-state index contributed by atoms with van der Waals surface area (Å²) in [7, 11) is 0. The molecule has 7 heteroatoms. The van der Waals surface area contributed by atoms with Gasteiger partial charge in [0.2, 0.25) is 0 Å². The molecular formula is C7H15Cl2F3N2. The second-order valence-electron chi connectivity index (χ2n) is 3.23. The van der Waals surface area contributed by atoms with Gasteiger partial charge in [-0.3, -0.25) is 4.90 Å². The highest BCUT2D eigenvalue weighted by molar-refractivity contribution is 5.85. The van der Waals surface area contributed by atoms with E-state index in [4.69, 9.17) is 5.73 Å². The van der Waals surface area contributed by atoms with E-state index in [1.54, 1.807) is 0 Å². The molecule has 1 heterocycles. The van der Waals surface area contributed by atoms with Crippen molar-refractivity contribution in [2.75, 3.05) is 19.6 Å². The summed E-state index contributed by atoms with van der Waals surface area (Å²) in [6.45, 7) is 0.154. The largest absolute Gasteiger partial charge is 0.401 e. The predicted molar refractivity (Wildman–Crippen MR) is 54.2 cm³/mol. The second-order valence-corrected chi connectivity index (χ2v) is 3.23. The van der Waals surface area contributed by atoms with Gasteiger partial charge >= 0.3 is 6.18 Å². The smallest absolute Gasteiger partial charge is 0.328 e. The van der Waals surface area contributed by atoms with Gasteiger partial charge in [-0.2, -0.15) is 13.2 Å². The highest BCUT2D eigenvalue weighted by Crippen LogP contribution is 2.18. The number of likely N-dealkylation sites (tertiary alicyclic amines) is 1. The Morgan fingerprint density at radius 3 is 1.93 bits per heavy atom. The number of hydrogen-bond acceptors (Lipinski definition) is 2. The van der Waals surface area contributed by atoms with Crippen LogP contribution in [0, 0.1) is 0 Å². The first-order valence-corrected chi connectivity index (χ1v) is 4.02. The van der Waals surface area contributed by atoms with Crippen LogP contribution in [0.4, 0.5) is 13.2 Å². The van der Waals surface area contributed by atoms with Crippen LogP contribution in [0.1, 0.15) is 12.8 Å². The molecule has 1 saturated heterocycles. The van der Waals surface area contributed by atoms with Crippen molar-refractivity contribution in [2.45, 2.75) is 25.1 Å². The Balaban J connectivity index is 0. The minimum Gasteiger partial charge on any atom is -0.328 e. The molecule has 2 N–H and O–H groups in total. The van der Waals surface area contributed by atoms with Crippen molar-refractivity contribution in [3.63, 3.8) is 0 Å². The molecule has 14 heavy (non-hydrogen) atoms. The summed E-state index contributed by atoms with van der Waals surface area (Å²) in [4.78, 5) is 1.41. The maximum Gasteiger partial charge on any atom is 0.401 e. The summed E-state index contributed by atoms with van der Waals surface area (Å²) < 4.78 is 35.6.